The molecule has 0 aliphatic heterocycles. The molecule has 2 heterocycles. The summed E-state index contributed by atoms with van der Waals surface area (Å²) in [5, 5.41) is 10.8. The number of nitrogens with zero attached hydrogens (tertiary/aromatic N) is 4. The molecule has 7 nitrogen and oxygen atoms in total. The van der Waals surface area contributed by atoms with Gasteiger partial charge in [0.15, 0.2) is 0 Å². The summed E-state index contributed by atoms with van der Waals surface area (Å²) >= 11 is 0. The normalized spacial score (nSPS) is 11.0. The first-order chi connectivity index (χ1) is 16.9. The maximum Gasteiger partial charge on any atom is 0.337 e. The number of pyridine rings is 1. The number of rotatable bonds is 4. The first-order valence-corrected chi connectivity index (χ1v) is 10.8. The molecule has 0 amide bonds. The number of halogens is 1. The highest BCUT2D eigenvalue weighted by Gasteiger charge is 2.20. The molecule has 0 atom stereocenters. The Morgan fingerprint density at radius 2 is 1.83 bits per heavy atom. The van der Waals surface area contributed by atoms with Crippen LogP contribution in [0.1, 0.15) is 5.56 Å². The van der Waals surface area contributed by atoms with Gasteiger partial charge in [-0.2, -0.15) is 5.26 Å². The van der Waals surface area contributed by atoms with Crippen LogP contribution >= 0.6 is 0 Å². The van der Waals surface area contributed by atoms with E-state index in [1.165, 1.54) is 23.9 Å². The van der Waals surface area contributed by atoms with Crippen LogP contribution in [0, 0.1) is 24.1 Å². The van der Waals surface area contributed by atoms with Gasteiger partial charge in [0, 0.05) is 22.5 Å². The highest BCUT2D eigenvalue weighted by molar-refractivity contribution is 5.90. The van der Waals surface area contributed by atoms with Crippen molar-refractivity contribution in [2.75, 3.05) is 7.11 Å². The Bertz CT molecular complexity index is 1790. The van der Waals surface area contributed by atoms with Gasteiger partial charge in [0.05, 0.1) is 36.0 Å². The van der Waals surface area contributed by atoms with E-state index in [2.05, 4.69) is 4.98 Å². The van der Waals surface area contributed by atoms with Crippen molar-refractivity contribution in [1.29, 1.82) is 5.26 Å². The molecule has 0 unspecified atom stereocenters. The Morgan fingerprint density at radius 1 is 1.03 bits per heavy atom. The molecule has 0 saturated carbocycles. The molecule has 0 aliphatic carbocycles. The van der Waals surface area contributed by atoms with Gasteiger partial charge >= 0.3 is 5.69 Å². The topological polar surface area (TPSA) is 89.9 Å². The van der Waals surface area contributed by atoms with Crippen LogP contribution in [-0.2, 0) is 6.54 Å². The van der Waals surface area contributed by atoms with Crippen molar-refractivity contribution < 1.29 is 9.13 Å². The van der Waals surface area contributed by atoms with Crippen molar-refractivity contribution in [3.63, 3.8) is 0 Å². The fraction of sp³-hybridized carbons (Fsp3) is 0.111. The van der Waals surface area contributed by atoms with Gasteiger partial charge < -0.3 is 4.74 Å². The third kappa shape index (κ3) is 3.54. The lowest BCUT2D eigenvalue weighted by Gasteiger charge is -2.16. The van der Waals surface area contributed by atoms with Crippen molar-refractivity contribution in [1.82, 2.24) is 14.1 Å². The molecule has 0 aliphatic rings. The number of hydrogen-bond acceptors (Lipinski definition) is 5. The van der Waals surface area contributed by atoms with Gasteiger partial charge in [-0.05, 0) is 42.3 Å². The standard InChI is InChI=1S/C27H19FN4O3/c1-16-7-8-18(35-2)11-20(16)21-13-24-22(12-23(21)28)26(33)32(27(34)31(24)10-9-29)25-15-30-14-17-5-3-4-6-19(17)25/h3-8,11-15H,10H2,1-2H3. The second-order valence-electron chi connectivity index (χ2n) is 8.08. The van der Waals surface area contributed by atoms with Crippen LogP contribution < -0.4 is 16.0 Å². The molecular formula is C27H19FN4O3. The number of fused-ring (bicyclic) bond motifs is 2. The van der Waals surface area contributed by atoms with Gasteiger partial charge in [0.1, 0.15) is 18.1 Å². The van der Waals surface area contributed by atoms with Crippen molar-refractivity contribution in [2.45, 2.75) is 13.5 Å². The third-order valence-corrected chi connectivity index (χ3v) is 6.08. The molecule has 0 radical (unpaired) electrons. The van der Waals surface area contributed by atoms with E-state index in [0.29, 0.717) is 16.7 Å². The van der Waals surface area contributed by atoms with Crippen molar-refractivity contribution >= 4 is 21.7 Å². The number of hydrogen-bond donors (Lipinski definition) is 0. The van der Waals surface area contributed by atoms with E-state index in [9.17, 15) is 14.9 Å². The van der Waals surface area contributed by atoms with Crippen LogP contribution in [0.25, 0.3) is 38.5 Å². The minimum absolute atomic E-state index is 0.0189. The number of methoxy groups -OCH3 is 1. The molecular weight excluding hydrogens is 447 g/mol. The number of aryl methyl sites for hydroxylation is 1. The molecule has 2 aromatic heterocycles. The summed E-state index contributed by atoms with van der Waals surface area (Å²) in [6.45, 7) is 1.50. The Balaban J connectivity index is 1.88. The van der Waals surface area contributed by atoms with Crippen LogP contribution in [0.3, 0.4) is 0 Å². The molecule has 172 valence electrons. The van der Waals surface area contributed by atoms with Crippen LogP contribution in [0.5, 0.6) is 5.75 Å². The van der Waals surface area contributed by atoms with Gasteiger partial charge in [-0.3, -0.25) is 14.3 Å². The predicted octanol–water partition coefficient (Wildman–Crippen LogP) is 4.35. The Morgan fingerprint density at radius 3 is 2.60 bits per heavy atom. The Hall–Kier alpha value is -4.77. The monoisotopic (exact) mass is 466 g/mol. The predicted molar refractivity (Wildman–Crippen MR) is 131 cm³/mol. The molecule has 3 aromatic carbocycles. The van der Waals surface area contributed by atoms with Gasteiger partial charge in [-0.15, -0.1) is 0 Å². The zero-order chi connectivity index (χ0) is 24.7. The summed E-state index contributed by atoms with van der Waals surface area (Å²) in [6, 6.07) is 17.0. The molecule has 0 N–H and O–H groups in total. The van der Waals surface area contributed by atoms with Gasteiger partial charge in [-0.25, -0.2) is 13.8 Å². The Labute approximate surface area is 198 Å². The van der Waals surface area contributed by atoms with E-state index < -0.39 is 17.1 Å². The summed E-state index contributed by atoms with van der Waals surface area (Å²) in [6.07, 6.45) is 3.04. The second kappa shape index (κ2) is 8.54. The van der Waals surface area contributed by atoms with Crippen molar-refractivity contribution in [2.24, 2.45) is 0 Å². The molecule has 5 rings (SSSR count). The maximum absolute atomic E-state index is 15.5. The van der Waals surface area contributed by atoms with Crippen molar-refractivity contribution in [3.8, 4) is 28.6 Å². The highest BCUT2D eigenvalue weighted by atomic mass is 19.1. The second-order valence-corrected chi connectivity index (χ2v) is 8.08. The van der Waals surface area contributed by atoms with E-state index >= 15 is 4.39 Å². The maximum atomic E-state index is 15.5. The largest absolute Gasteiger partial charge is 0.497 e. The minimum Gasteiger partial charge on any atom is -0.497 e. The Kier molecular flexibility index (Phi) is 5.38. The zero-order valence-electron chi connectivity index (χ0n) is 18.9. The molecule has 0 spiro atoms. The molecule has 0 fully saturated rings. The lowest BCUT2D eigenvalue weighted by Crippen LogP contribution is -2.39. The van der Waals surface area contributed by atoms with E-state index in [1.54, 1.807) is 36.5 Å². The summed E-state index contributed by atoms with van der Waals surface area (Å²) in [5.74, 6) is -0.0888. The van der Waals surface area contributed by atoms with Crippen LogP contribution in [-0.4, -0.2) is 21.2 Å². The zero-order valence-corrected chi connectivity index (χ0v) is 18.9. The first-order valence-electron chi connectivity index (χ1n) is 10.8. The van der Waals surface area contributed by atoms with E-state index in [0.717, 1.165) is 21.6 Å². The number of nitriles is 1. The van der Waals surface area contributed by atoms with Crippen LogP contribution in [0.2, 0.25) is 0 Å². The molecule has 0 bridgehead atoms. The number of aromatic nitrogens is 3. The summed E-state index contributed by atoms with van der Waals surface area (Å²) < 4.78 is 22.9. The van der Waals surface area contributed by atoms with Gasteiger partial charge in [0.25, 0.3) is 5.56 Å². The summed E-state index contributed by atoms with van der Waals surface area (Å²) in [7, 11) is 1.51. The molecule has 8 heteroatoms. The quantitative estimate of drug-likeness (QED) is 0.393. The number of ether oxygens (including phenoxy) is 1. The smallest absolute Gasteiger partial charge is 0.337 e. The molecule has 5 aromatic rings. The SMILES string of the molecule is COc1ccc(C)c(-c2cc3c(cc2F)c(=O)n(-c2cncc4ccccc24)c(=O)n3CC#N)c1. The van der Waals surface area contributed by atoms with Gasteiger partial charge in [-0.1, -0.05) is 30.3 Å². The van der Waals surface area contributed by atoms with Crippen molar-refractivity contribution in [3.05, 3.63) is 99.2 Å². The average Bonchev–Trinajstić information content (AvgIpc) is 2.87. The summed E-state index contributed by atoms with van der Waals surface area (Å²) in [4.78, 5) is 31.3. The van der Waals surface area contributed by atoms with E-state index in [4.69, 9.17) is 4.74 Å². The lowest BCUT2D eigenvalue weighted by atomic mass is 9.98. The van der Waals surface area contributed by atoms with E-state index in [-0.39, 0.29) is 28.7 Å². The molecule has 35 heavy (non-hydrogen) atoms. The lowest BCUT2D eigenvalue weighted by molar-refractivity contribution is 0.415. The summed E-state index contributed by atoms with van der Waals surface area (Å²) in [5.41, 5.74) is 0.580. The fourth-order valence-corrected chi connectivity index (χ4v) is 4.33. The number of benzene rings is 3. The minimum atomic E-state index is -0.706. The van der Waals surface area contributed by atoms with Crippen LogP contribution in [0.4, 0.5) is 4.39 Å². The van der Waals surface area contributed by atoms with Gasteiger partial charge in [0.2, 0.25) is 0 Å². The molecule has 0 saturated heterocycles. The first kappa shape index (κ1) is 22.0. The highest BCUT2D eigenvalue weighted by Crippen LogP contribution is 2.32. The van der Waals surface area contributed by atoms with Crippen LogP contribution in [0.15, 0.2) is 76.6 Å². The van der Waals surface area contributed by atoms with E-state index in [1.807, 2.05) is 25.1 Å². The average molecular weight is 466 g/mol. The fourth-order valence-electron chi connectivity index (χ4n) is 4.33. The third-order valence-electron chi connectivity index (χ3n) is 6.08.